The minimum atomic E-state index is -4.04. The van der Waals surface area contributed by atoms with Gasteiger partial charge in [0.05, 0.1) is 23.2 Å². The molecule has 180 valence electrons. The van der Waals surface area contributed by atoms with Gasteiger partial charge in [0.2, 0.25) is 10.0 Å². The van der Waals surface area contributed by atoms with Crippen molar-refractivity contribution in [2.75, 3.05) is 19.8 Å². The molecule has 1 aromatic heterocycles. The van der Waals surface area contributed by atoms with Gasteiger partial charge in [0.25, 0.3) is 5.56 Å². The molecule has 34 heavy (non-hydrogen) atoms. The Labute approximate surface area is 198 Å². The number of carbonyl (C=O) groups excluding carboxylic acids is 1. The van der Waals surface area contributed by atoms with Crippen molar-refractivity contribution >= 4 is 26.9 Å². The zero-order valence-electron chi connectivity index (χ0n) is 19.2. The molecule has 2 aromatic carbocycles. The molecule has 0 spiro atoms. The fourth-order valence-corrected chi connectivity index (χ4v) is 5.58. The average molecular weight is 485 g/mol. The number of H-pyrrole nitrogens is 1. The second kappa shape index (κ2) is 10.1. The summed E-state index contributed by atoms with van der Waals surface area (Å²) in [6.07, 6.45) is 1.33. The second-order valence-corrected chi connectivity index (χ2v) is 10.3. The van der Waals surface area contributed by atoms with Gasteiger partial charge in [0, 0.05) is 30.8 Å². The summed E-state index contributed by atoms with van der Waals surface area (Å²) in [7, 11) is -4.04. The first-order valence-corrected chi connectivity index (χ1v) is 12.7. The molecule has 0 amide bonds. The van der Waals surface area contributed by atoms with Gasteiger partial charge in [0.1, 0.15) is 0 Å². The molecule has 4 rings (SSSR count). The summed E-state index contributed by atoms with van der Waals surface area (Å²) in [6, 6.07) is 13.2. The van der Waals surface area contributed by atoms with E-state index in [1.807, 2.05) is 25.1 Å². The Kier molecular flexibility index (Phi) is 7.16. The number of hydrogen-bond acceptors (Lipinski definition) is 6. The molecule has 1 aliphatic rings. The van der Waals surface area contributed by atoms with Gasteiger partial charge in [-0.1, -0.05) is 17.7 Å². The van der Waals surface area contributed by atoms with E-state index >= 15 is 0 Å². The van der Waals surface area contributed by atoms with Crippen LogP contribution in [0.1, 0.15) is 41.3 Å². The lowest BCUT2D eigenvalue weighted by Crippen LogP contribution is -2.38. The number of aromatic nitrogens is 1. The molecule has 1 aliphatic heterocycles. The number of pyridine rings is 1. The summed E-state index contributed by atoms with van der Waals surface area (Å²) in [5.74, 6) is -0.591. The number of aryl methyl sites for hydroxylation is 1. The van der Waals surface area contributed by atoms with E-state index in [0.29, 0.717) is 17.7 Å². The molecule has 0 radical (unpaired) electrons. The molecule has 0 unspecified atom stereocenters. The summed E-state index contributed by atoms with van der Waals surface area (Å²) >= 11 is 0. The summed E-state index contributed by atoms with van der Waals surface area (Å²) in [4.78, 5) is 27.8. The number of fused-ring (bicyclic) bond motifs is 1. The molecule has 8 nitrogen and oxygen atoms in total. The monoisotopic (exact) mass is 484 g/mol. The third-order valence-electron chi connectivity index (χ3n) is 5.84. The van der Waals surface area contributed by atoms with E-state index < -0.39 is 16.0 Å². The van der Waals surface area contributed by atoms with Crippen LogP contribution in [-0.4, -0.2) is 49.5 Å². The van der Waals surface area contributed by atoms with Gasteiger partial charge in [-0.2, -0.15) is 4.31 Å². The standard InChI is InChI=1S/C25H28N2O6S/c1-3-32-25(29)18-6-4-8-22(14-18)34(30,31)27(16-21-7-5-11-33-21)15-20-13-19-12-17(2)9-10-23(19)26-24(20)28/h4,6,8-10,12-14,21H,3,5,7,11,15-16H2,1-2H3,(H,26,28)/t21-/m0/s1. The molecule has 0 bridgehead atoms. The van der Waals surface area contributed by atoms with Crippen LogP contribution >= 0.6 is 0 Å². The van der Waals surface area contributed by atoms with Crippen LogP contribution in [0.2, 0.25) is 0 Å². The van der Waals surface area contributed by atoms with Crippen LogP contribution < -0.4 is 5.56 Å². The van der Waals surface area contributed by atoms with Gasteiger partial charge in [-0.05, 0) is 68.5 Å². The van der Waals surface area contributed by atoms with E-state index in [4.69, 9.17) is 9.47 Å². The quantitative estimate of drug-likeness (QED) is 0.492. The third kappa shape index (κ3) is 5.22. The Bertz CT molecular complexity index is 1360. The van der Waals surface area contributed by atoms with Gasteiger partial charge in [-0.3, -0.25) is 4.79 Å². The number of nitrogens with zero attached hydrogens (tertiary/aromatic N) is 1. The minimum Gasteiger partial charge on any atom is -0.462 e. The number of hydrogen-bond donors (Lipinski definition) is 1. The molecule has 1 N–H and O–H groups in total. The van der Waals surface area contributed by atoms with E-state index in [2.05, 4.69) is 4.98 Å². The predicted molar refractivity (Wildman–Crippen MR) is 128 cm³/mol. The fourth-order valence-electron chi connectivity index (χ4n) is 4.09. The molecule has 9 heteroatoms. The lowest BCUT2D eigenvalue weighted by molar-refractivity contribution is 0.0526. The van der Waals surface area contributed by atoms with Gasteiger partial charge in [-0.25, -0.2) is 13.2 Å². The first-order valence-electron chi connectivity index (χ1n) is 11.3. The summed E-state index contributed by atoms with van der Waals surface area (Å²) in [5, 5.41) is 0.827. The number of aromatic amines is 1. The second-order valence-electron chi connectivity index (χ2n) is 8.40. The molecule has 0 aliphatic carbocycles. The Balaban J connectivity index is 1.72. The van der Waals surface area contributed by atoms with Gasteiger partial charge < -0.3 is 14.5 Å². The zero-order chi connectivity index (χ0) is 24.3. The Morgan fingerprint density at radius 2 is 2.03 bits per heavy atom. The largest absolute Gasteiger partial charge is 0.462 e. The fraction of sp³-hybridized carbons (Fsp3) is 0.360. The number of nitrogens with one attached hydrogen (secondary N) is 1. The van der Waals surface area contributed by atoms with Crippen LogP contribution in [0.15, 0.2) is 58.2 Å². The van der Waals surface area contributed by atoms with Crippen LogP contribution in [0.3, 0.4) is 0 Å². The van der Waals surface area contributed by atoms with Crippen LogP contribution in [0.25, 0.3) is 10.9 Å². The number of carbonyl (C=O) groups is 1. The molecular weight excluding hydrogens is 456 g/mol. The highest BCUT2D eigenvalue weighted by atomic mass is 32.2. The highest BCUT2D eigenvalue weighted by Crippen LogP contribution is 2.24. The SMILES string of the molecule is CCOC(=O)c1cccc(S(=O)(=O)N(Cc2cc3cc(C)ccc3[nH]c2=O)C[C@@H]2CCCO2)c1. The van der Waals surface area contributed by atoms with Crippen molar-refractivity contribution in [2.24, 2.45) is 0 Å². The van der Waals surface area contributed by atoms with E-state index in [1.165, 1.54) is 28.6 Å². The number of esters is 1. The molecule has 3 aromatic rings. The summed E-state index contributed by atoms with van der Waals surface area (Å²) < 4.78 is 39.4. The first-order chi connectivity index (χ1) is 16.3. The number of sulfonamides is 1. The Hall–Kier alpha value is -3.01. The molecule has 1 fully saturated rings. The van der Waals surface area contributed by atoms with Crippen molar-refractivity contribution in [3.63, 3.8) is 0 Å². The van der Waals surface area contributed by atoms with E-state index in [-0.39, 0.29) is 41.8 Å². The summed E-state index contributed by atoms with van der Waals surface area (Å²) in [5.41, 5.74) is 1.87. The smallest absolute Gasteiger partial charge is 0.338 e. The lowest BCUT2D eigenvalue weighted by Gasteiger charge is -2.25. The number of rotatable bonds is 8. The van der Waals surface area contributed by atoms with Gasteiger partial charge in [-0.15, -0.1) is 0 Å². The topological polar surface area (TPSA) is 106 Å². The van der Waals surface area contributed by atoms with E-state index in [1.54, 1.807) is 13.0 Å². The van der Waals surface area contributed by atoms with Crippen molar-refractivity contribution in [1.29, 1.82) is 0 Å². The van der Waals surface area contributed by atoms with E-state index in [0.717, 1.165) is 23.8 Å². The van der Waals surface area contributed by atoms with Gasteiger partial charge >= 0.3 is 5.97 Å². The van der Waals surface area contributed by atoms with Crippen LogP contribution in [0, 0.1) is 6.92 Å². The van der Waals surface area contributed by atoms with Crippen molar-refractivity contribution in [3.8, 4) is 0 Å². The maximum Gasteiger partial charge on any atom is 0.338 e. The number of benzene rings is 2. The minimum absolute atomic E-state index is 0.0379. The molecular formula is C25H28N2O6S. The normalized spacial score (nSPS) is 16.3. The Morgan fingerprint density at radius 1 is 1.21 bits per heavy atom. The Morgan fingerprint density at radius 3 is 2.76 bits per heavy atom. The van der Waals surface area contributed by atoms with Crippen molar-refractivity contribution in [1.82, 2.24) is 9.29 Å². The van der Waals surface area contributed by atoms with Crippen LogP contribution in [0.5, 0.6) is 0 Å². The zero-order valence-corrected chi connectivity index (χ0v) is 20.1. The maximum atomic E-state index is 13.7. The predicted octanol–water partition coefficient (Wildman–Crippen LogP) is 3.38. The summed E-state index contributed by atoms with van der Waals surface area (Å²) in [6.45, 7) is 4.39. The van der Waals surface area contributed by atoms with Gasteiger partial charge in [0.15, 0.2) is 0 Å². The molecule has 0 saturated carbocycles. The van der Waals surface area contributed by atoms with Crippen molar-refractivity contribution in [3.05, 3.63) is 75.6 Å². The van der Waals surface area contributed by atoms with Crippen molar-refractivity contribution < 1.29 is 22.7 Å². The highest BCUT2D eigenvalue weighted by molar-refractivity contribution is 7.89. The van der Waals surface area contributed by atoms with Crippen LogP contribution in [0.4, 0.5) is 0 Å². The van der Waals surface area contributed by atoms with Crippen molar-refractivity contribution in [2.45, 2.75) is 44.2 Å². The number of ether oxygens (including phenoxy) is 2. The maximum absolute atomic E-state index is 13.7. The molecule has 1 saturated heterocycles. The van der Waals surface area contributed by atoms with E-state index in [9.17, 15) is 18.0 Å². The molecule has 1 atom stereocenters. The van der Waals surface area contributed by atoms with Crippen LogP contribution in [-0.2, 0) is 26.0 Å². The first kappa shape index (κ1) is 24.1. The lowest BCUT2D eigenvalue weighted by atomic mass is 10.1. The third-order valence-corrected chi connectivity index (χ3v) is 7.65. The average Bonchev–Trinajstić information content (AvgIpc) is 3.33. The molecule has 2 heterocycles. The highest BCUT2D eigenvalue weighted by Gasteiger charge is 2.30.